The number of carbonyl (C=O) groups is 3. The number of carbonyl (C=O) groups excluding carboxylic acids is 3. The molecule has 0 bridgehead atoms. The Hall–Kier alpha value is -1.47. The molecule has 0 aromatic carbocycles. The standard InChI is InChI=1S/C13H19N3O4/c1-14-12(18)9-6-15(7-10(9)13(14)19)8-11(17)16-2-4-20-5-3-16/h9-10H,2-8H2,1H3/t9-,10+. The normalized spacial score (nSPS) is 31.1. The molecule has 0 unspecified atom stereocenters. The zero-order valence-corrected chi connectivity index (χ0v) is 11.6. The second kappa shape index (κ2) is 5.14. The zero-order chi connectivity index (χ0) is 14.3. The molecular formula is C13H19N3O4. The van der Waals surface area contributed by atoms with Gasteiger partial charge in [0.05, 0.1) is 31.6 Å². The number of hydrogen-bond acceptors (Lipinski definition) is 5. The molecule has 0 radical (unpaired) electrons. The molecule has 3 saturated heterocycles. The lowest BCUT2D eigenvalue weighted by atomic mass is 10.00. The van der Waals surface area contributed by atoms with E-state index in [1.807, 2.05) is 4.90 Å². The lowest BCUT2D eigenvalue weighted by Gasteiger charge is -2.28. The number of nitrogens with zero attached hydrogens (tertiary/aromatic N) is 3. The minimum atomic E-state index is -0.259. The van der Waals surface area contributed by atoms with Gasteiger partial charge in [-0.15, -0.1) is 0 Å². The monoisotopic (exact) mass is 281 g/mol. The summed E-state index contributed by atoms with van der Waals surface area (Å²) in [5.74, 6) is -0.681. The molecule has 3 rings (SSSR count). The molecule has 0 aliphatic carbocycles. The molecule has 3 aliphatic rings. The fourth-order valence-electron chi connectivity index (χ4n) is 3.22. The van der Waals surface area contributed by atoms with E-state index in [-0.39, 0.29) is 36.1 Å². The van der Waals surface area contributed by atoms with E-state index in [0.29, 0.717) is 39.4 Å². The lowest BCUT2D eigenvalue weighted by molar-refractivity contribution is -0.140. The minimum Gasteiger partial charge on any atom is -0.378 e. The van der Waals surface area contributed by atoms with E-state index in [1.54, 1.807) is 4.90 Å². The molecule has 3 heterocycles. The molecular weight excluding hydrogens is 262 g/mol. The third kappa shape index (κ3) is 2.20. The summed E-state index contributed by atoms with van der Waals surface area (Å²) in [6.07, 6.45) is 0. The maximum atomic E-state index is 12.1. The average Bonchev–Trinajstić information content (AvgIpc) is 2.96. The molecule has 3 amide bonds. The molecule has 0 spiro atoms. The highest BCUT2D eigenvalue weighted by molar-refractivity contribution is 6.05. The Bertz CT molecular complexity index is 423. The fraction of sp³-hybridized carbons (Fsp3) is 0.769. The van der Waals surface area contributed by atoms with Crippen molar-refractivity contribution in [3.63, 3.8) is 0 Å². The van der Waals surface area contributed by atoms with Gasteiger partial charge in [-0.1, -0.05) is 0 Å². The van der Waals surface area contributed by atoms with Crippen LogP contribution in [-0.2, 0) is 19.1 Å². The molecule has 7 nitrogen and oxygen atoms in total. The van der Waals surface area contributed by atoms with Crippen molar-refractivity contribution < 1.29 is 19.1 Å². The summed E-state index contributed by atoms with van der Waals surface area (Å²) in [6.45, 7) is 3.72. The second-order valence-electron chi connectivity index (χ2n) is 5.64. The van der Waals surface area contributed by atoms with Gasteiger partial charge in [-0.25, -0.2) is 0 Å². The first-order valence-corrected chi connectivity index (χ1v) is 6.97. The highest BCUT2D eigenvalue weighted by Gasteiger charge is 2.51. The smallest absolute Gasteiger partial charge is 0.236 e. The summed E-state index contributed by atoms with van der Waals surface area (Å²) in [5.41, 5.74) is 0. The molecule has 0 aromatic heterocycles. The van der Waals surface area contributed by atoms with E-state index in [0.717, 1.165) is 0 Å². The maximum absolute atomic E-state index is 12.1. The Kier molecular flexibility index (Phi) is 3.47. The van der Waals surface area contributed by atoms with Crippen LogP contribution in [0.4, 0.5) is 0 Å². The number of likely N-dealkylation sites (tertiary alicyclic amines) is 2. The summed E-state index contributed by atoms with van der Waals surface area (Å²) in [7, 11) is 1.53. The van der Waals surface area contributed by atoms with Gasteiger partial charge in [0.1, 0.15) is 0 Å². The first kappa shape index (κ1) is 13.5. The van der Waals surface area contributed by atoms with Crippen molar-refractivity contribution in [1.29, 1.82) is 0 Å². The molecule has 3 fully saturated rings. The van der Waals surface area contributed by atoms with E-state index >= 15 is 0 Å². The largest absolute Gasteiger partial charge is 0.378 e. The summed E-state index contributed by atoms with van der Waals surface area (Å²) in [6, 6.07) is 0. The first-order valence-electron chi connectivity index (χ1n) is 6.97. The van der Waals surface area contributed by atoms with Gasteiger partial charge in [0.2, 0.25) is 17.7 Å². The first-order chi connectivity index (χ1) is 9.58. The van der Waals surface area contributed by atoms with E-state index in [1.165, 1.54) is 11.9 Å². The number of fused-ring (bicyclic) bond motifs is 1. The Morgan fingerprint density at radius 2 is 1.70 bits per heavy atom. The van der Waals surface area contributed by atoms with Crippen LogP contribution in [0.2, 0.25) is 0 Å². The van der Waals surface area contributed by atoms with Crippen LogP contribution in [0.1, 0.15) is 0 Å². The quantitative estimate of drug-likeness (QED) is 0.570. The third-order valence-electron chi connectivity index (χ3n) is 4.41. The molecule has 3 aliphatic heterocycles. The highest BCUT2D eigenvalue weighted by Crippen LogP contribution is 2.32. The summed E-state index contributed by atoms with van der Waals surface area (Å²) < 4.78 is 5.22. The van der Waals surface area contributed by atoms with Crippen molar-refractivity contribution in [2.45, 2.75) is 0 Å². The number of hydrogen-bond donors (Lipinski definition) is 0. The number of morpholine rings is 1. The van der Waals surface area contributed by atoms with Crippen molar-refractivity contribution in [2.75, 3.05) is 53.0 Å². The van der Waals surface area contributed by atoms with Crippen LogP contribution >= 0.6 is 0 Å². The molecule has 0 saturated carbocycles. The van der Waals surface area contributed by atoms with Crippen molar-refractivity contribution in [2.24, 2.45) is 11.8 Å². The Balaban J connectivity index is 1.57. The summed E-state index contributed by atoms with van der Waals surface area (Å²) >= 11 is 0. The Labute approximate surface area is 117 Å². The van der Waals surface area contributed by atoms with E-state index < -0.39 is 0 Å². The van der Waals surface area contributed by atoms with Gasteiger partial charge in [0.15, 0.2) is 0 Å². The van der Waals surface area contributed by atoms with Crippen LogP contribution in [0.3, 0.4) is 0 Å². The van der Waals surface area contributed by atoms with E-state index in [9.17, 15) is 14.4 Å². The molecule has 2 atom stereocenters. The summed E-state index contributed by atoms with van der Waals surface area (Å²) in [5, 5.41) is 0. The number of ether oxygens (including phenoxy) is 1. The molecule has 0 aromatic rings. The third-order valence-corrected chi connectivity index (χ3v) is 4.41. The van der Waals surface area contributed by atoms with Crippen LogP contribution in [0.25, 0.3) is 0 Å². The number of rotatable bonds is 2. The summed E-state index contributed by atoms with van der Waals surface area (Å²) in [4.78, 5) is 40.9. The van der Waals surface area contributed by atoms with Gasteiger partial charge in [-0.2, -0.15) is 0 Å². The molecule has 110 valence electrons. The van der Waals surface area contributed by atoms with Crippen LogP contribution in [-0.4, -0.2) is 85.4 Å². The minimum absolute atomic E-state index is 0.0570. The highest BCUT2D eigenvalue weighted by atomic mass is 16.5. The van der Waals surface area contributed by atoms with Crippen LogP contribution < -0.4 is 0 Å². The van der Waals surface area contributed by atoms with Crippen molar-refractivity contribution in [3.05, 3.63) is 0 Å². The molecule has 0 N–H and O–H groups in total. The molecule has 20 heavy (non-hydrogen) atoms. The van der Waals surface area contributed by atoms with Gasteiger partial charge in [0.25, 0.3) is 0 Å². The average molecular weight is 281 g/mol. The Morgan fingerprint density at radius 3 is 2.25 bits per heavy atom. The SMILES string of the molecule is CN1C(=O)[C@H]2CN(CC(=O)N3CCOCC3)C[C@H]2C1=O. The van der Waals surface area contributed by atoms with Crippen molar-refractivity contribution >= 4 is 17.7 Å². The number of amides is 3. The van der Waals surface area contributed by atoms with Crippen LogP contribution in [0.15, 0.2) is 0 Å². The van der Waals surface area contributed by atoms with Gasteiger partial charge >= 0.3 is 0 Å². The predicted molar refractivity (Wildman–Crippen MR) is 68.6 cm³/mol. The van der Waals surface area contributed by atoms with E-state index in [4.69, 9.17) is 4.74 Å². The zero-order valence-electron chi connectivity index (χ0n) is 11.6. The predicted octanol–water partition coefficient (Wildman–Crippen LogP) is -1.61. The van der Waals surface area contributed by atoms with E-state index in [2.05, 4.69) is 0 Å². The van der Waals surface area contributed by atoms with Crippen molar-refractivity contribution in [1.82, 2.24) is 14.7 Å². The molecule has 7 heteroatoms. The van der Waals surface area contributed by atoms with Gasteiger partial charge in [0, 0.05) is 33.2 Å². The second-order valence-corrected chi connectivity index (χ2v) is 5.64. The van der Waals surface area contributed by atoms with Crippen LogP contribution in [0, 0.1) is 11.8 Å². The van der Waals surface area contributed by atoms with Gasteiger partial charge < -0.3 is 9.64 Å². The maximum Gasteiger partial charge on any atom is 0.236 e. The Morgan fingerprint density at radius 1 is 1.15 bits per heavy atom. The topological polar surface area (TPSA) is 70.2 Å². The van der Waals surface area contributed by atoms with Crippen LogP contribution in [0.5, 0.6) is 0 Å². The number of imide groups is 1. The fourth-order valence-corrected chi connectivity index (χ4v) is 3.22. The van der Waals surface area contributed by atoms with Crippen molar-refractivity contribution in [3.8, 4) is 0 Å². The van der Waals surface area contributed by atoms with Gasteiger partial charge in [-0.05, 0) is 0 Å². The van der Waals surface area contributed by atoms with Gasteiger partial charge in [-0.3, -0.25) is 24.2 Å². The lowest BCUT2D eigenvalue weighted by Crippen LogP contribution is -2.46.